The van der Waals surface area contributed by atoms with E-state index >= 15 is 0 Å². The van der Waals surface area contributed by atoms with Crippen LogP contribution in [0.5, 0.6) is 0 Å². The summed E-state index contributed by atoms with van der Waals surface area (Å²) in [5.74, 6) is 0.797. The van der Waals surface area contributed by atoms with Gasteiger partial charge in [0.2, 0.25) is 5.91 Å². The molecule has 4 rings (SSSR count). The van der Waals surface area contributed by atoms with Crippen molar-refractivity contribution >= 4 is 41.4 Å². The average Bonchev–Trinajstić information content (AvgIpc) is 3.58. The number of nitrogens with one attached hydrogen (secondary N) is 1. The summed E-state index contributed by atoms with van der Waals surface area (Å²) in [6, 6.07) is 15.5. The normalized spacial score (nSPS) is 15.5. The van der Waals surface area contributed by atoms with Crippen LogP contribution < -0.4 is 5.32 Å². The third-order valence-corrected chi connectivity index (χ3v) is 8.36. The summed E-state index contributed by atoms with van der Waals surface area (Å²) in [6.07, 6.45) is 12.3. The van der Waals surface area contributed by atoms with Crippen molar-refractivity contribution in [1.82, 2.24) is 9.78 Å². The molecule has 1 fully saturated rings. The number of anilines is 1. The predicted octanol–water partition coefficient (Wildman–Crippen LogP) is 7.76. The molecule has 190 valence electrons. The van der Waals surface area contributed by atoms with Crippen molar-refractivity contribution in [2.75, 3.05) is 11.6 Å². The number of aldehydes is 1. The number of halogens is 1. The number of aromatic nitrogens is 2. The molecular formula is C29H34ClN3O2S. The molecular weight excluding hydrogens is 490 g/mol. The number of rotatable bonds is 11. The van der Waals surface area contributed by atoms with Crippen LogP contribution in [-0.2, 0) is 4.79 Å². The molecule has 1 saturated carbocycles. The molecule has 1 aliphatic rings. The zero-order valence-corrected chi connectivity index (χ0v) is 22.5. The third-order valence-electron chi connectivity index (χ3n) is 7.14. The molecule has 0 saturated heterocycles. The Labute approximate surface area is 223 Å². The molecule has 0 bridgehead atoms. The highest BCUT2D eigenvalue weighted by Crippen LogP contribution is 2.37. The van der Waals surface area contributed by atoms with Gasteiger partial charge in [0.25, 0.3) is 0 Å². The molecule has 5 nitrogen and oxygen atoms in total. The second-order valence-electron chi connectivity index (χ2n) is 9.59. The Morgan fingerprint density at radius 2 is 1.89 bits per heavy atom. The van der Waals surface area contributed by atoms with Crippen LogP contribution in [0.3, 0.4) is 0 Å². The number of nitrogens with zero attached hydrogens (tertiary/aromatic N) is 2. The summed E-state index contributed by atoms with van der Waals surface area (Å²) in [7, 11) is 0. The van der Waals surface area contributed by atoms with Gasteiger partial charge in [-0.3, -0.25) is 14.3 Å². The maximum absolute atomic E-state index is 13.6. The highest BCUT2D eigenvalue weighted by atomic mass is 35.5. The van der Waals surface area contributed by atoms with Crippen LogP contribution in [0.1, 0.15) is 85.3 Å². The Bertz CT molecular complexity index is 1170. The first-order valence-corrected chi connectivity index (χ1v) is 14.4. The van der Waals surface area contributed by atoms with Crippen LogP contribution in [-0.4, -0.2) is 28.2 Å². The van der Waals surface area contributed by atoms with Gasteiger partial charge in [-0.2, -0.15) is 5.10 Å². The number of thioether (sulfide) groups is 1. The molecule has 2 atom stereocenters. The lowest BCUT2D eigenvalue weighted by molar-refractivity contribution is -0.118. The van der Waals surface area contributed by atoms with Gasteiger partial charge in [0, 0.05) is 22.7 Å². The number of amides is 1. The van der Waals surface area contributed by atoms with Gasteiger partial charge in [0.1, 0.15) is 6.29 Å². The van der Waals surface area contributed by atoms with E-state index < -0.39 is 0 Å². The first kappa shape index (κ1) is 26.5. The minimum atomic E-state index is -0.269. The second-order valence-corrected chi connectivity index (χ2v) is 10.8. The summed E-state index contributed by atoms with van der Waals surface area (Å²) < 4.78 is 1.91. The first-order valence-electron chi connectivity index (χ1n) is 12.8. The topological polar surface area (TPSA) is 64.0 Å². The Morgan fingerprint density at radius 3 is 2.53 bits per heavy atom. The zero-order valence-electron chi connectivity index (χ0n) is 21.0. The van der Waals surface area contributed by atoms with Crippen molar-refractivity contribution in [3.05, 3.63) is 76.4 Å². The lowest BCUT2D eigenvalue weighted by atomic mass is 9.87. The first-order chi connectivity index (χ1) is 17.5. The molecule has 1 heterocycles. The summed E-state index contributed by atoms with van der Waals surface area (Å²) in [5, 5.41) is 8.50. The van der Waals surface area contributed by atoms with Gasteiger partial charge in [-0.15, -0.1) is 11.8 Å². The predicted molar refractivity (Wildman–Crippen MR) is 148 cm³/mol. The second kappa shape index (κ2) is 12.6. The van der Waals surface area contributed by atoms with Gasteiger partial charge in [0.05, 0.1) is 17.0 Å². The van der Waals surface area contributed by atoms with Crippen molar-refractivity contribution in [3.63, 3.8) is 0 Å². The van der Waals surface area contributed by atoms with Gasteiger partial charge in [-0.1, -0.05) is 81.0 Å². The number of benzene rings is 2. The smallest absolute Gasteiger partial charge is 0.233 e. The largest absolute Gasteiger partial charge is 0.309 e. The standard InChI is InChI=1S/C29H34ClN3O2S/c1-3-6-26(22-11-9-21(19-34)10-12-22)33-16-15-28(32-33)31-29(35)24(17-20-7-4-5-8-20)23-13-14-27(36-2)25(30)18-23/h9-16,18-20,24,26H,3-8,17H2,1-2H3,(H,31,32,35). The quantitative estimate of drug-likeness (QED) is 0.206. The maximum atomic E-state index is 13.6. The van der Waals surface area contributed by atoms with E-state index in [1.807, 2.05) is 65.7 Å². The van der Waals surface area contributed by atoms with E-state index in [1.165, 1.54) is 25.7 Å². The van der Waals surface area contributed by atoms with E-state index in [0.29, 0.717) is 22.3 Å². The van der Waals surface area contributed by atoms with E-state index in [0.717, 1.165) is 41.6 Å². The van der Waals surface area contributed by atoms with Crippen LogP contribution in [0.2, 0.25) is 5.02 Å². The highest BCUT2D eigenvalue weighted by Gasteiger charge is 2.28. The molecule has 1 aromatic heterocycles. The van der Waals surface area contributed by atoms with Gasteiger partial charge in [0.15, 0.2) is 5.82 Å². The van der Waals surface area contributed by atoms with Gasteiger partial charge in [-0.05, 0) is 48.3 Å². The fraction of sp³-hybridized carbons (Fsp3) is 0.414. The molecule has 0 radical (unpaired) electrons. The number of carbonyl (C=O) groups is 2. The molecule has 2 aromatic carbocycles. The van der Waals surface area contributed by atoms with E-state index in [-0.39, 0.29) is 17.9 Å². The number of carbonyl (C=O) groups excluding carboxylic acids is 2. The van der Waals surface area contributed by atoms with Crippen molar-refractivity contribution in [2.24, 2.45) is 5.92 Å². The molecule has 7 heteroatoms. The van der Waals surface area contributed by atoms with E-state index in [2.05, 4.69) is 12.2 Å². The molecule has 2 unspecified atom stereocenters. The average molecular weight is 524 g/mol. The zero-order chi connectivity index (χ0) is 25.5. The molecule has 1 aliphatic carbocycles. The summed E-state index contributed by atoms with van der Waals surface area (Å²) in [4.78, 5) is 25.6. The maximum Gasteiger partial charge on any atom is 0.233 e. The van der Waals surface area contributed by atoms with Crippen LogP contribution >= 0.6 is 23.4 Å². The van der Waals surface area contributed by atoms with Crippen molar-refractivity contribution in [1.29, 1.82) is 0 Å². The van der Waals surface area contributed by atoms with Crippen LogP contribution in [0.4, 0.5) is 5.82 Å². The minimum absolute atomic E-state index is 0.0357. The molecule has 1 N–H and O–H groups in total. The Kier molecular flexibility index (Phi) is 9.27. The molecule has 0 spiro atoms. The van der Waals surface area contributed by atoms with Crippen LogP contribution in [0.15, 0.2) is 59.6 Å². The van der Waals surface area contributed by atoms with Crippen molar-refractivity contribution in [2.45, 2.75) is 68.7 Å². The third kappa shape index (κ3) is 6.40. The summed E-state index contributed by atoms with van der Waals surface area (Å²) in [5.41, 5.74) is 2.70. The minimum Gasteiger partial charge on any atom is -0.309 e. The Morgan fingerprint density at radius 1 is 1.17 bits per heavy atom. The lowest BCUT2D eigenvalue weighted by Gasteiger charge is -2.21. The fourth-order valence-corrected chi connectivity index (χ4v) is 6.07. The molecule has 0 aliphatic heterocycles. The summed E-state index contributed by atoms with van der Waals surface area (Å²) >= 11 is 8.12. The van der Waals surface area contributed by atoms with Gasteiger partial charge >= 0.3 is 0 Å². The van der Waals surface area contributed by atoms with Crippen LogP contribution in [0.25, 0.3) is 0 Å². The van der Waals surface area contributed by atoms with E-state index in [9.17, 15) is 9.59 Å². The summed E-state index contributed by atoms with van der Waals surface area (Å²) in [6.45, 7) is 2.14. The SMILES string of the molecule is CCCC(c1ccc(C=O)cc1)n1ccc(NC(=O)C(CC2CCCC2)c2ccc(SC)c(Cl)c2)n1. The lowest BCUT2D eigenvalue weighted by Crippen LogP contribution is -2.23. The molecule has 1 amide bonds. The van der Waals surface area contributed by atoms with Crippen molar-refractivity contribution < 1.29 is 9.59 Å². The fourth-order valence-electron chi connectivity index (χ4n) is 5.19. The van der Waals surface area contributed by atoms with Crippen LogP contribution in [0, 0.1) is 5.92 Å². The van der Waals surface area contributed by atoms with E-state index in [4.69, 9.17) is 16.7 Å². The Hall–Kier alpha value is -2.57. The Balaban J connectivity index is 1.54. The van der Waals surface area contributed by atoms with E-state index in [1.54, 1.807) is 11.8 Å². The monoisotopic (exact) mass is 523 g/mol. The number of hydrogen-bond acceptors (Lipinski definition) is 4. The molecule has 3 aromatic rings. The van der Waals surface area contributed by atoms with Crippen molar-refractivity contribution in [3.8, 4) is 0 Å². The highest BCUT2D eigenvalue weighted by molar-refractivity contribution is 7.98. The van der Waals surface area contributed by atoms with Gasteiger partial charge < -0.3 is 5.32 Å². The number of hydrogen-bond donors (Lipinski definition) is 1. The van der Waals surface area contributed by atoms with Gasteiger partial charge in [-0.25, -0.2) is 0 Å². The molecule has 36 heavy (non-hydrogen) atoms.